The van der Waals surface area contributed by atoms with Crippen LogP contribution in [0.4, 0.5) is 0 Å². The lowest BCUT2D eigenvalue weighted by Gasteiger charge is -2.59. The van der Waals surface area contributed by atoms with E-state index < -0.39 is 0 Å². The van der Waals surface area contributed by atoms with E-state index >= 15 is 0 Å². The summed E-state index contributed by atoms with van der Waals surface area (Å²) in [5, 5.41) is 19.0. The zero-order valence-corrected chi connectivity index (χ0v) is 18.0. The number of carbonyl (C=O) groups excluding carboxylic acids is 2. The van der Waals surface area contributed by atoms with Gasteiger partial charge in [-0.25, -0.2) is 0 Å². The van der Waals surface area contributed by atoms with E-state index in [0.717, 1.165) is 42.4 Å². The standard InChI is InChI=1S/C26H27N3O3/c27-13-17-5-7-18(8-6-17)19-9-11-20(12-10-19)25-22-14-28(26(32)21-3-1-2-4-21)15-24(31)29(22)23(25)16-30/h5-12,21-23,25,30H,1-4,14-16H2/t22-,23+,25-/m1/s1. The first kappa shape index (κ1) is 20.7. The fraction of sp³-hybridized carbons (Fsp3) is 0.423. The van der Waals surface area contributed by atoms with Gasteiger partial charge in [0.2, 0.25) is 11.8 Å². The maximum Gasteiger partial charge on any atom is 0.242 e. The Kier molecular flexibility index (Phi) is 5.44. The van der Waals surface area contributed by atoms with Crippen molar-refractivity contribution in [1.29, 1.82) is 5.26 Å². The quantitative estimate of drug-likeness (QED) is 0.810. The molecule has 6 heteroatoms. The Labute approximate surface area is 188 Å². The molecule has 2 aromatic rings. The van der Waals surface area contributed by atoms with Crippen molar-refractivity contribution in [3.05, 3.63) is 59.7 Å². The molecule has 1 saturated carbocycles. The number of nitriles is 1. The Morgan fingerprint density at radius 2 is 1.66 bits per heavy atom. The summed E-state index contributed by atoms with van der Waals surface area (Å²) in [6.45, 7) is 0.590. The number of rotatable bonds is 4. The minimum Gasteiger partial charge on any atom is -0.394 e. The molecule has 2 heterocycles. The summed E-state index contributed by atoms with van der Waals surface area (Å²) in [5.41, 5.74) is 3.79. The number of fused-ring (bicyclic) bond motifs is 1. The molecule has 2 aromatic carbocycles. The number of benzene rings is 2. The van der Waals surface area contributed by atoms with Gasteiger partial charge in [0.1, 0.15) is 0 Å². The molecule has 0 aromatic heterocycles. The number of hydrogen-bond donors (Lipinski definition) is 1. The highest BCUT2D eigenvalue weighted by Gasteiger charge is 2.54. The van der Waals surface area contributed by atoms with Crippen LogP contribution in [-0.4, -0.2) is 58.5 Å². The van der Waals surface area contributed by atoms with Crippen LogP contribution in [0.15, 0.2) is 48.5 Å². The van der Waals surface area contributed by atoms with Gasteiger partial charge in [-0.2, -0.15) is 5.26 Å². The van der Waals surface area contributed by atoms with Crippen LogP contribution in [0.3, 0.4) is 0 Å². The highest BCUT2D eigenvalue weighted by Crippen LogP contribution is 2.43. The van der Waals surface area contributed by atoms with E-state index in [-0.39, 0.29) is 48.9 Å². The second kappa shape index (κ2) is 8.40. The lowest BCUT2D eigenvalue weighted by atomic mass is 9.73. The molecule has 1 N–H and O–H groups in total. The molecule has 0 radical (unpaired) electrons. The van der Waals surface area contributed by atoms with Gasteiger partial charge in [-0.3, -0.25) is 9.59 Å². The lowest BCUT2D eigenvalue weighted by Crippen LogP contribution is -2.73. The number of nitrogens with zero attached hydrogens (tertiary/aromatic N) is 3. The molecule has 2 saturated heterocycles. The van der Waals surface area contributed by atoms with Crippen molar-refractivity contribution in [2.75, 3.05) is 19.7 Å². The first-order valence-electron chi connectivity index (χ1n) is 11.4. The average Bonchev–Trinajstić information content (AvgIpc) is 3.35. The molecule has 1 aliphatic carbocycles. The minimum absolute atomic E-state index is 0.0122. The van der Waals surface area contributed by atoms with Crippen molar-refractivity contribution in [3.63, 3.8) is 0 Å². The molecule has 2 aliphatic heterocycles. The molecule has 0 spiro atoms. The molecule has 3 aliphatic rings. The monoisotopic (exact) mass is 429 g/mol. The highest BCUT2D eigenvalue weighted by molar-refractivity contribution is 5.88. The molecule has 3 fully saturated rings. The van der Waals surface area contributed by atoms with Gasteiger partial charge < -0.3 is 14.9 Å². The van der Waals surface area contributed by atoms with Gasteiger partial charge in [0.15, 0.2) is 0 Å². The fourth-order valence-corrected chi connectivity index (χ4v) is 5.73. The summed E-state index contributed by atoms with van der Waals surface area (Å²) >= 11 is 0. The van der Waals surface area contributed by atoms with Crippen LogP contribution in [0, 0.1) is 17.2 Å². The molecule has 0 unspecified atom stereocenters. The van der Waals surface area contributed by atoms with Crippen LogP contribution >= 0.6 is 0 Å². The Balaban J connectivity index is 1.35. The van der Waals surface area contributed by atoms with Crippen LogP contribution in [0.25, 0.3) is 11.1 Å². The number of aliphatic hydroxyl groups excluding tert-OH is 1. The van der Waals surface area contributed by atoms with Gasteiger partial charge in [0.05, 0.1) is 36.9 Å². The molecule has 2 amide bonds. The summed E-state index contributed by atoms with van der Waals surface area (Å²) in [6.07, 6.45) is 4.04. The van der Waals surface area contributed by atoms with Gasteiger partial charge in [-0.05, 0) is 41.7 Å². The predicted molar refractivity (Wildman–Crippen MR) is 119 cm³/mol. The van der Waals surface area contributed by atoms with E-state index in [1.165, 1.54) is 0 Å². The van der Waals surface area contributed by atoms with E-state index in [0.29, 0.717) is 12.1 Å². The summed E-state index contributed by atoms with van der Waals surface area (Å²) in [5.74, 6) is 0.140. The number of piperazine rings is 1. The molecular weight excluding hydrogens is 402 g/mol. The van der Waals surface area contributed by atoms with E-state index in [1.807, 2.05) is 24.3 Å². The van der Waals surface area contributed by atoms with Crippen molar-refractivity contribution in [2.24, 2.45) is 5.92 Å². The Morgan fingerprint density at radius 3 is 2.25 bits per heavy atom. The minimum atomic E-state index is -0.239. The third-order valence-corrected chi connectivity index (χ3v) is 7.41. The van der Waals surface area contributed by atoms with Gasteiger partial charge in [-0.15, -0.1) is 0 Å². The summed E-state index contributed by atoms with van der Waals surface area (Å²) in [7, 11) is 0. The van der Waals surface area contributed by atoms with Crippen LogP contribution in [0.1, 0.15) is 42.7 Å². The third-order valence-electron chi connectivity index (χ3n) is 7.41. The molecule has 5 rings (SSSR count). The number of amides is 2. The van der Waals surface area contributed by atoms with Gasteiger partial charge in [0.25, 0.3) is 0 Å². The molecule has 6 nitrogen and oxygen atoms in total. The maximum atomic E-state index is 12.9. The van der Waals surface area contributed by atoms with Crippen LogP contribution in [0.2, 0.25) is 0 Å². The predicted octanol–water partition coefficient (Wildman–Crippen LogP) is 2.91. The largest absolute Gasteiger partial charge is 0.394 e. The van der Waals surface area contributed by atoms with Gasteiger partial charge in [-0.1, -0.05) is 49.2 Å². The SMILES string of the molecule is N#Cc1ccc(-c2ccc([C@@H]3[C@H]4CN(C(=O)C5CCCC5)CC(=O)N4[C@H]3CO)cc2)cc1. The summed E-state index contributed by atoms with van der Waals surface area (Å²) in [6, 6.07) is 17.5. The first-order valence-corrected chi connectivity index (χ1v) is 11.4. The van der Waals surface area contributed by atoms with Crippen molar-refractivity contribution >= 4 is 11.8 Å². The van der Waals surface area contributed by atoms with Crippen molar-refractivity contribution in [2.45, 2.75) is 43.7 Å². The van der Waals surface area contributed by atoms with Crippen molar-refractivity contribution in [1.82, 2.24) is 9.80 Å². The van der Waals surface area contributed by atoms with E-state index in [4.69, 9.17) is 5.26 Å². The van der Waals surface area contributed by atoms with E-state index in [2.05, 4.69) is 18.2 Å². The Hall–Kier alpha value is -3.17. The second-order valence-electron chi connectivity index (χ2n) is 9.16. The summed E-state index contributed by atoms with van der Waals surface area (Å²) in [4.78, 5) is 29.3. The lowest BCUT2D eigenvalue weighted by molar-refractivity contribution is -0.168. The third kappa shape index (κ3) is 3.47. The summed E-state index contributed by atoms with van der Waals surface area (Å²) < 4.78 is 0. The zero-order valence-electron chi connectivity index (χ0n) is 18.0. The molecule has 164 valence electrons. The highest BCUT2D eigenvalue weighted by atomic mass is 16.3. The van der Waals surface area contributed by atoms with Gasteiger partial charge >= 0.3 is 0 Å². The Morgan fingerprint density at radius 1 is 1.03 bits per heavy atom. The second-order valence-corrected chi connectivity index (χ2v) is 9.16. The maximum absolute atomic E-state index is 12.9. The smallest absolute Gasteiger partial charge is 0.242 e. The number of carbonyl (C=O) groups is 2. The molecule has 3 atom stereocenters. The number of hydrogen-bond acceptors (Lipinski definition) is 4. The van der Waals surface area contributed by atoms with Crippen molar-refractivity contribution < 1.29 is 14.7 Å². The Bertz CT molecular complexity index is 1050. The van der Waals surface area contributed by atoms with E-state index in [9.17, 15) is 14.7 Å². The normalized spacial score (nSPS) is 25.2. The van der Waals surface area contributed by atoms with Crippen LogP contribution in [-0.2, 0) is 9.59 Å². The average molecular weight is 430 g/mol. The van der Waals surface area contributed by atoms with Crippen molar-refractivity contribution in [3.8, 4) is 17.2 Å². The topological polar surface area (TPSA) is 84.6 Å². The molecule has 32 heavy (non-hydrogen) atoms. The van der Waals surface area contributed by atoms with E-state index in [1.54, 1.807) is 21.9 Å². The van der Waals surface area contributed by atoms with Crippen LogP contribution < -0.4 is 0 Å². The van der Waals surface area contributed by atoms with Gasteiger partial charge in [0, 0.05) is 18.4 Å². The fourth-order valence-electron chi connectivity index (χ4n) is 5.73. The number of aliphatic hydroxyl groups is 1. The van der Waals surface area contributed by atoms with Crippen LogP contribution in [0.5, 0.6) is 0 Å². The molecule has 0 bridgehead atoms. The zero-order chi connectivity index (χ0) is 22.2. The first-order chi connectivity index (χ1) is 15.6. The molecular formula is C26H27N3O3.